The molecule has 0 amide bonds. The molecular formula is C13H21N2O4S2-. The van der Waals surface area contributed by atoms with Crippen molar-refractivity contribution in [3.8, 4) is 0 Å². The number of carboxylic acid groups (broad SMARTS) is 1. The van der Waals surface area contributed by atoms with Crippen molar-refractivity contribution in [1.29, 1.82) is 0 Å². The van der Waals surface area contributed by atoms with Crippen LogP contribution in [0.5, 0.6) is 0 Å². The minimum Gasteiger partial charge on any atom is -0.595 e. The molecule has 0 aliphatic carbocycles. The molecule has 1 N–H and O–H groups in total. The van der Waals surface area contributed by atoms with E-state index in [1.807, 2.05) is 13.8 Å². The second kappa shape index (κ2) is 6.39. The van der Waals surface area contributed by atoms with Crippen LogP contribution in [0.4, 0.5) is 0 Å². The first-order chi connectivity index (χ1) is 9.44. The third-order valence-electron chi connectivity index (χ3n) is 2.70. The molecule has 0 bridgehead atoms. The summed E-state index contributed by atoms with van der Waals surface area (Å²) in [4.78, 5) is 17.0. The van der Waals surface area contributed by atoms with Crippen LogP contribution in [0.25, 0.3) is 0 Å². The van der Waals surface area contributed by atoms with E-state index in [-0.39, 0.29) is 12.1 Å². The van der Waals surface area contributed by atoms with E-state index in [0.717, 1.165) is 0 Å². The van der Waals surface area contributed by atoms with E-state index >= 15 is 0 Å². The van der Waals surface area contributed by atoms with Gasteiger partial charge in [-0.25, -0.2) is 4.79 Å². The second-order valence-corrected chi connectivity index (χ2v) is 7.91. The van der Waals surface area contributed by atoms with Crippen molar-refractivity contribution in [2.24, 2.45) is 4.99 Å². The highest BCUT2D eigenvalue weighted by molar-refractivity contribution is 8.01. The van der Waals surface area contributed by atoms with E-state index in [2.05, 4.69) is 4.99 Å². The number of hydrogen-bond donors (Lipinski definition) is 1. The summed E-state index contributed by atoms with van der Waals surface area (Å²) in [6.07, 6.45) is -0.693. The van der Waals surface area contributed by atoms with Crippen molar-refractivity contribution < 1.29 is 19.7 Å². The normalized spacial score (nSPS) is 22.2. The van der Waals surface area contributed by atoms with Gasteiger partial charge in [-0.05, 0) is 13.8 Å². The summed E-state index contributed by atoms with van der Waals surface area (Å²) in [5, 5.41) is 20.1. The summed E-state index contributed by atoms with van der Waals surface area (Å²) in [7, 11) is 0. The predicted molar refractivity (Wildman–Crippen MR) is 85.5 cm³/mol. The SMILES string of the molecule is CC(C)(C)OC([O-])=NCC(=S)N1[C@@H](C(=O)O)SCC1(C)C. The van der Waals surface area contributed by atoms with Crippen LogP contribution in [0.1, 0.15) is 34.6 Å². The van der Waals surface area contributed by atoms with Gasteiger partial charge in [-0.3, -0.25) is 4.99 Å². The minimum atomic E-state index is -0.940. The van der Waals surface area contributed by atoms with Gasteiger partial charge < -0.3 is 19.8 Å². The van der Waals surface area contributed by atoms with E-state index in [9.17, 15) is 15.0 Å². The van der Waals surface area contributed by atoms with Crippen molar-refractivity contribution in [3.05, 3.63) is 0 Å². The van der Waals surface area contributed by atoms with Gasteiger partial charge in [0.15, 0.2) is 5.37 Å². The molecule has 1 atom stereocenters. The molecule has 0 spiro atoms. The van der Waals surface area contributed by atoms with Crippen molar-refractivity contribution in [3.63, 3.8) is 0 Å². The number of nitrogens with zero attached hydrogens (tertiary/aromatic N) is 2. The van der Waals surface area contributed by atoms with Gasteiger partial charge in [0.05, 0.1) is 6.54 Å². The van der Waals surface area contributed by atoms with Crippen LogP contribution in [-0.4, -0.2) is 55.9 Å². The number of aliphatic imine (C=N–C) groups is 1. The molecular weight excluding hydrogens is 312 g/mol. The molecule has 0 aromatic rings. The van der Waals surface area contributed by atoms with Gasteiger partial charge in [0.25, 0.3) is 0 Å². The molecule has 1 saturated heterocycles. The number of carbonyl (C=O) groups is 1. The third kappa shape index (κ3) is 5.03. The lowest BCUT2D eigenvalue weighted by atomic mass is 10.1. The lowest BCUT2D eigenvalue weighted by Gasteiger charge is -2.35. The highest BCUT2D eigenvalue weighted by Gasteiger charge is 2.44. The average Bonchev–Trinajstić information content (AvgIpc) is 2.59. The average molecular weight is 333 g/mol. The van der Waals surface area contributed by atoms with Crippen LogP contribution in [-0.2, 0) is 9.53 Å². The molecule has 6 nitrogen and oxygen atoms in total. The van der Waals surface area contributed by atoms with E-state index in [1.54, 1.807) is 25.7 Å². The van der Waals surface area contributed by atoms with Gasteiger partial charge in [0, 0.05) is 16.9 Å². The maximum absolute atomic E-state index is 11.6. The molecule has 120 valence electrons. The zero-order valence-electron chi connectivity index (χ0n) is 12.9. The molecule has 0 aromatic carbocycles. The van der Waals surface area contributed by atoms with Crippen molar-refractivity contribution >= 4 is 41.0 Å². The topological polar surface area (TPSA) is 85.2 Å². The zero-order valence-corrected chi connectivity index (χ0v) is 14.5. The number of aliphatic carboxylic acids is 1. The summed E-state index contributed by atoms with van der Waals surface area (Å²) in [5.41, 5.74) is -0.997. The van der Waals surface area contributed by atoms with Crippen molar-refractivity contribution in [2.75, 3.05) is 12.3 Å². The van der Waals surface area contributed by atoms with E-state index in [1.165, 1.54) is 11.8 Å². The van der Waals surface area contributed by atoms with Crippen LogP contribution in [0.15, 0.2) is 4.99 Å². The Morgan fingerprint density at radius 2 is 2.14 bits per heavy atom. The number of ether oxygens (including phenoxy) is 1. The molecule has 1 heterocycles. The van der Waals surface area contributed by atoms with Crippen molar-refractivity contribution in [1.82, 2.24) is 4.90 Å². The number of thiocarbonyl (C=S) groups is 1. The molecule has 0 unspecified atom stereocenters. The molecule has 0 saturated carbocycles. The maximum Gasteiger partial charge on any atom is 0.337 e. The van der Waals surface area contributed by atoms with Crippen LogP contribution < -0.4 is 5.11 Å². The molecule has 0 aromatic heterocycles. The third-order valence-corrected chi connectivity index (χ3v) is 4.63. The Balaban J connectivity index is 2.77. The Hall–Kier alpha value is -1.02. The molecule has 21 heavy (non-hydrogen) atoms. The summed E-state index contributed by atoms with van der Waals surface area (Å²) in [6, 6.07) is 0. The highest BCUT2D eigenvalue weighted by atomic mass is 32.2. The van der Waals surface area contributed by atoms with Gasteiger partial charge in [-0.1, -0.05) is 33.0 Å². The zero-order chi connectivity index (χ0) is 16.4. The fourth-order valence-electron chi connectivity index (χ4n) is 1.90. The van der Waals surface area contributed by atoms with Crippen molar-refractivity contribution in [2.45, 2.75) is 51.1 Å². The van der Waals surface area contributed by atoms with Crippen LogP contribution >= 0.6 is 24.0 Å². The van der Waals surface area contributed by atoms with Gasteiger partial charge in [0.2, 0.25) is 0 Å². The number of thioether (sulfide) groups is 1. The van der Waals surface area contributed by atoms with Gasteiger partial charge >= 0.3 is 5.97 Å². The quantitative estimate of drug-likeness (QED) is 0.470. The number of carboxylic acids is 1. The number of hydrogen-bond acceptors (Lipinski definition) is 6. The lowest BCUT2D eigenvalue weighted by Crippen LogP contribution is -2.50. The van der Waals surface area contributed by atoms with E-state index in [0.29, 0.717) is 10.7 Å². The Bertz CT molecular complexity index is 458. The standard InChI is InChI=1S/C13H22N2O4S2/c1-12(2,3)19-11(18)14-6-8(20)15-9(10(16)17)21-7-13(15,4)5/h9H,6-7H2,1-5H3,(H,14,18)(H,16,17)/p-1/t9-/m1/s1. The molecule has 0 radical (unpaired) electrons. The minimum absolute atomic E-state index is 0.0436. The van der Waals surface area contributed by atoms with Gasteiger partial charge in [0.1, 0.15) is 11.1 Å². The van der Waals surface area contributed by atoms with E-state index in [4.69, 9.17) is 17.0 Å². The largest absolute Gasteiger partial charge is 0.595 e. The van der Waals surface area contributed by atoms with E-state index < -0.39 is 23.0 Å². The summed E-state index contributed by atoms with van der Waals surface area (Å²) < 4.78 is 5.07. The number of rotatable bonds is 3. The Kier molecular flexibility index (Phi) is 5.49. The smallest absolute Gasteiger partial charge is 0.337 e. The Labute approximate surface area is 134 Å². The maximum atomic E-state index is 11.6. The summed E-state index contributed by atoms with van der Waals surface area (Å²) in [6.45, 7) is 9.04. The molecule has 1 fully saturated rings. The van der Waals surface area contributed by atoms with Crippen LogP contribution in [0.2, 0.25) is 0 Å². The Morgan fingerprint density at radius 3 is 2.62 bits per heavy atom. The predicted octanol–water partition coefficient (Wildman–Crippen LogP) is 1.08. The first kappa shape index (κ1) is 18.0. The summed E-state index contributed by atoms with van der Waals surface area (Å²) >= 11 is 6.59. The molecule has 8 heteroatoms. The Morgan fingerprint density at radius 1 is 1.57 bits per heavy atom. The van der Waals surface area contributed by atoms with Gasteiger partial charge in [-0.15, -0.1) is 11.8 Å². The molecule has 1 aliphatic rings. The van der Waals surface area contributed by atoms with Gasteiger partial charge in [-0.2, -0.15) is 0 Å². The van der Waals surface area contributed by atoms with Crippen LogP contribution in [0.3, 0.4) is 0 Å². The summed E-state index contributed by atoms with van der Waals surface area (Å²) in [5.74, 6) is -0.290. The molecule has 1 aliphatic heterocycles. The first-order valence-electron chi connectivity index (χ1n) is 6.51. The fraction of sp³-hybridized carbons (Fsp3) is 0.769. The first-order valence-corrected chi connectivity index (χ1v) is 7.97. The molecule has 1 rings (SSSR count). The fourth-order valence-corrected chi connectivity index (χ4v) is 3.79. The lowest BCUT2D eigenvalue weighted by molar-refractivity contribution is -0.260. The second-order valence-electron chi connectivity index (χ2n) is 6.37. The highest BCUT2D eigenvalue weighted by Crippen LogP contribution is 2.37. The monoisotopic (exact) mass is 333 g/mol. The van der Waals surface area contributed by atoms with Crippen LogP contribution in [0, 0.1) is 0 Å².